The molecule has 1 aliphatic rings. The topological polar surface area (TPSA) is 21.7 Å². The number of nitrogens with zero attached hydrogens (tertiary/aromatic N) is 1. The second kappa shape index (κ2) is 11.6. The van der Waals surface area contributed by atoms with Crippen molar-refractivity contribution >= 4 is 17.5 Å². The standard InChI is InChI=1S/C14H19NO2S.C12H14/c1-5-13(11(2)15(3)4)17-14(18)16-12-9-7-6-8-10-12;1-9-7-11-5-3-4-6-12(11)8-10(9)2/h6-10,13H,2,5H2,1,3-4H3;3-6H,7-8H2,1-2H3. The van der Waals surface area contributed by atoms with Gasteiger partial charge in [0.15, 0.2) is 0 Å². The first-order valence-corrected chi connectivity index (χ1v) is 10.7. The summed E-state index contributed by atoms with van der Waals surface area (Å²) in [4.78, 5) is 1.92. The van der Waals surface area contributed by atoms with Crippen LogP contribution in [0.15, 0.2) is 78.0 Å². The lowest BCUT2D eigenvalue weighted by atomic mass is 9.88. The highest BCUT2D eigenvalue weighted by Gasteiger charge is 2.16. The zero-order valence-corrected chi connectivity index (χ0v) is 19.6. The molecule has 1 atom stereocenters. The molecule has 0 fully saturated rings. The number of allylic oxidation sites excluding steroid dienone is 2. The summed E-state index contributed by atoms with van der Waals surface area (Å²) in [6, 6.07) is 18.1. The van der Waals surface area contributed by atoms with Gasteiger partial charge in [-0.25, -0.2) is 0 Å². The van der Waals surface area contributed by atoms with Crippen LogP contribution in [0.3, 0.4) is 0 Å². The average molecular weight is 424 g/mol. The van der Waals surface area contributed by atoms with E-state index in [0.717, 1.165) is 25.0 Å². The van der Waals surface area contributed by atoms with Crippen LogP contribution in [-0.4, -0.2) is 30.3 Å². The van der Waals surface area contributed by atoms with E-state index in [9.17, 15) is 0 Å². The molecule has 2 aromatic rings. The Morgan fingerprint density at radius 3 is 1.93 bits per heavy atom. The lowest BCUT2D eigenvalue weighted by molar-refractivity contribution is 0.158. The largest absolute Gasteiger partial charge is 0.447 e. The van der Waals surface area contributed by atoms with E-state index in [0.29, 0.717) is 5.75 Å². The Hall–Kier alpha value is -2.59. The van der Waals surface area contributed by atoms with Gasteiger partial charge in [-0.2, -0.15) is 0 Å². The van der Waals surface area contributed by atoms with Gasteiger partial charge in [0.1, 0.15) is 11.9 Å². The molecule has 0 N–H and O–H groups in total. The van der Waals surface area contributed by atoms with Gasteiger partial charge < -0.3 is 14.4 Å². The van der Waals surface area contributed by atoms with Crippen molar-refractivity contribution in [3.05, 3.63) is 89.1 Å². The zero-order valence-electron chi connectivity index (χ0n) is 18.8. The number of rotatable bonds is 5. The molecule has 2 aromatic carbocycles. The number of para-hydroxylation sites is 1. The minimum absolute atomic E-state index is 0.121. The Bertz CT molecular complexity index is 854. The Kier molecular flexibility index (Phi) is 9.13. The van der Waals surface area contributed by atoms with Crippen molar-refractivity contribution in [2.45, 2.75) is 46.1 Å². The van der Waals surface area contributed by atoms with Crippen LogP contribution in [0.1, 0.15) is 38.3 Å². The molecule has 0 bridgehead atoms. The molecule has 1 aliphatic carbocycles. The van der Waals surface area contributed by atoms with E-state index in [1.54, 1.807) is 11.1 Å². The van der Waals surface area contributed by atoms with Crippen LogP contribution in [0.4, 0.5) is 0 Å². The first-order chi connectivity index (χ1) is 14.3. The molecular formula is C26H33NO2S. The van der Waals surface area contributed by atoms with Crippen LogP contribution in [0.2, 0.25) is 0 Å². The summed E-state index contributed by atoms with van der Waals surface area (Å²) in [6.07, 6.45) is 2.94. The van der Waals surface area contributed by atoms with Crippen molar-refractivity contribution in [1.29, 1.82) is 0 Å². The third-order valence-electron chi connectivity index (χ3n) is 5.26. The summed E-state index contributed by atoms with van der Waals surface area (Å²) in [5, 5.41) is 0.121. The SMILES string of the molecule is C=C(C(CC)OC(=S)Oc1ccccc1)N(C)C.CC1=C(C)Cc2ccccc2C1. The summed E-state index contributed by atoms with van der Waals surface area (Å²) in [6.45, 7) is 10.5. The lowest BCUT2D eigenvalue weighted by Crippen LogP contribution is -2.28. The van der Waals surface area contributed by atoms with Gasteiger partial charge in [0.25, 0.3) is 0 Å². The molecule has 0 saturated carbocycles. The van der Waals surface area contributed by atoms with Crippen molar-refractivity contribution in [3.63, 3.8) is 0 Å². The van der Waals surface area contributed by atoms with Crippen molar-refractivity contribution in [2.24, 2.45) is 0 Å². The third-order valence-corrected chi connectivity index (χ3v) is 5.44. The van der Waals surface area contributed by atoms with E-state index in [1.807, 2.05) is 56.3 Å². The second-order valence-electron chi connectivity index (χ2n) is 7.75. The van der Waals surface area contributed by atoms with Crippen LogP contribution < -0.4 is 4.74 Å². The quantitative estimate of drug-likeness (QED) is 0.413. The maximum atomic E-state index is 5.59. The molecule has 30 heavy (non-hydrogen) atoms. The third kappa shape index (κ3) is 7.03. The molecule has 0 aromatic heterocycles. The predicted molar refractivity (Wildman–Crippen MR) is 130 cm³/mol. The van der Waals surface area contributed by atoms with E-state index in [1.165, 1.54) is 11.1 Å². The molecule has 0 aliphatic heterocycles. The van der Waals surface area contributed by atoms with E-state index in [4.69, 9.17) is 21.7 Å². The predicted octanol–water partition coefficient (Wildman–Crippen LogP) is 6.34. The van der Waals surface area contributed by atoms with Gasteiger partial charge in [-0.3, -0.25) is 0 Å². The van der Waals surface area contributed by atoms with Gasteiger partial charge in [0.05, 0.1) is 0 Å². The van der Waals surface area contributed by atoms with Gasteiger partial charge >= 0.3 is 5.24 Å². The number of hydrogen-bond donors (Lipinski definition) is 0. The van der Waals surface area contributed by atoms with E-state index < -0.39 is 0 Å². The zero-order chi connectivity index (χ0) is 22.1. The minimum Gasteiger partial charge on any atom is -0.447 e. The number of likely N-dealkylation sites (N-methyl/N-ethyl adjacent to an activating group) is 1. The average Bonchev–Trinajstić information content (AvgIpc) is 2.73. The smallest absolute Gasteiger partial charge is 0.358 e. The molecule has 0 saturated heterocycles. The summed E-state index contributed by atoms with van der Waals surface area (Å²) in [7, 11) is 3.85. The molecule has 0 spiro atoms. The van der Waals surface area contributed by atoms with Crippen molar-refractivity contribution in [3.8, 4) is 5.75 Å². The van der Waals surface area contributed by atoms with Gasteiger partial charge in [-0.05, 0) is 56.4 Å². The van der Waals surface area contributed by atoms with E-state index >= 15 is 0 Å². The molecule has 0 radical (unpaired) electrons. The van der Waals surface area contributed by atoms with Gasteiger partial charge in [-0.15, -0.1) is 0 Å². The summed E-state index contributed by atoms with van der Waals surface area (Å²) < 4.78 is 11.0. The monoisotopic (exact) mass is 423 g/mol. The number of thiocarbonyl (C=S) groups is 1. The number of hydrogen-bond acceptors (Lipinski definition) is 4. The summed E-state index contributed by atoms with van der Waals surface area (Å²) >= 11 is 5.08. The fraction of sp³-hybridized carbons (Fsp3) is 0.346. The van der Waals surface area contributed by atoms with Crippen LogP contribution >= 0.6 is 12.2 Å². The maximum Gasteiger partial charge on any atom is 0.358 e. The van der Waals surface area contributed by atoms with Gasteiger partial charge in [-0.1, -0.05) is 67.1 Å². The molecule has 1 unspecified atom stereocenters. The maximum absolute atomic E-state index is 5.59. The Morgan fingerprint density at radius 1 is 0.967 bits per heavy atom. The molecule has 3 nitrogen and oxygen atoms in total. The Balaban J connectivity index is 0.000000230. The fourth-order valence-corrected chi connectivity index (χ4v) is 3.39. The highest BCUT2D eigenvalue weighted by Crippen LogP contribution is 2.24. The minimum atomic E-state index is -0.156. The van der Waals surface area contributed by atoms with Crippen LogP contribution in [0.25, 0.3) is 0 Å². The van der Waals surface area contributed by atoms with Crippen LogP contribution in [0, 0.1) is 0 Å². The number of ether oxygens (including phenoxy) is 2. The second-order valence-corrected chi connectivity index (χ2v) is 8.08. The molecule has 3 rings (SSSR count). The van der Waals surface area contributed by atoms with Gasteiger partial charge in [0, 0.05) is 32.0 Å². The van der Waals surface area contributed by atoms with E-state index in [2.05, 4.69) is 44.7 Å². The number of benzene rings is 2. The Morgan fingerprint density at radius 2 is 1.47 bits per heavy atom. The molecular weight excluding hydrogens is 390 g/mol. The van der Waals surface area contributed by atoms with E-state index in [-0.39, 0.29) is 11.3 Å². The van der Waals surface area contributed by atoms with Gasteiger partial charge in [0.2, 0.25) is 0 Å². The first kappa shape index (κ1) is 23.7. The van der Waals surface area contributed by atoms with Crippen LogP contribution in [0.5, 0.6) is 5.75 Å². The lowest BCUT2D eigenvalue weighted by Gasteiger charge is -2.24. The Labute approximate surface area is 187 Å². The normalized spacial score (nSPS) is 13.4. The number of fused-ring (bicyclic) bond motifs is 1. The molecule has 0 amide bonds. The molecule has 160 valence electrons. The molecule has 4 heteroatoms. The summed E-state index contributed by atoms with van der Waals surface area (Å²) in [5.74, 6) is 0.674. The van der Waals surface area contributed by atoms with Crippen molar-refractivity contribution in [1.82, 2.24) is 4.90 Å². The highest BCUT2D eigenvalue weighted by molar-refractivity contribution is 7.79. The first-order valence-electron chi connectivity index (χ1n) is 10.3. The van der Waals surface area contributed by atoms with Crippen molar-refractivity contribution < 1.29 is 9.47 Å². The fourth-order valence-electron chi connectivity index (χ4n) is 3.18. The van der Waals surface area contributed by atoms with Crippen LogP contribution in [-0.2, 0) is 17.6 Å². The van der Waals surface area contributed by atoms with Crippen molar-refractivity contribution in [2.75, 3.05) is 14.1 Å². The summed E-state index contributed by atoms with van der Waals surface area (Å²) in [5.41, 5.74) is 7.00. The highest BCUT2D eigenvalue weighted by atomic mass is 32.1. The molecule has 0 heterocycles.